The van der Waals surface area contributed by atoms with Gasteiger partial charge in [0.1, 0.15) is 0 Å². The van der Waals surface area contributed by atoms with Crippen molar-refractivity contribution in [3.8, 4) is 0 Å². The molecule has 24 heavy (non-hydrogen) atoms. The zero-order chi connectivity index (χ0) is 17.5. The topological polar surface area (TPSA) is 84.2 Å². The van der Waals surface area contributed by atoms with Gasteiger partial charge in [0.25, 0.3) is 5.56 Å². The molecule has 1 fully saturated rings. The molecule has 0 amide bonds. The molecular formula is C15H14F3N3O3. The minimum Gasteiger partial charge on any atom is -0.391 e. The number of alkyl halides is 3. The van der Waals surface area contributed by atoms with Gasteiger partial charge in [-0.25, -0.2) is 4.98 Å². The summed E-state index contributed by atoms with van der Waals surface area (Å²) in [5.41, 5.74) is -2.11. The van der Waals surface area contributed by atoms with E-state index >= 15 is 0 Å². The summed E-state index contributed by atoms with van der Waals surface area (Å²) in [5.74, 6) is -0.479. The highest BCUT2D eigenvalue weighted by Crippen LogP contribution is 2.32. The average molecular weight is 341 g/mol. The van der Waals surface area contributed by atoms with Crippen molar-refractivity contribution in [2.24, 2.45) is 0 Å². The molecule has 0 spiro atoms. The molecule has 3 rings (SSSR count). The third-order valence-corrected chi connectivity index (χ3v) is 4.02. The molecule has 1 aliphatic rings. The molecule has 2 atom stereocenters. The molecule has 128 valence electrons. The first kappa shape index (κ1) is 16.6. The van der Waals surface area contributed by atoms with Gasteiger partial charge in [-0.15, -0.1) is 0 Å². The predicted octanol–water partition coefficient (Wildman–Crippen LogP) is 0.707. The summed E-state index contributed by atoms with van der Waals surface area (Å²) in [7, 11) is 0. The van der Waals surface area contributed by atoms with Crippen LogP contribution in [0.1, 0.15) is 12.0 Å². The van der Waals surface area contributed by atoms with E-state index in [-0.39, 0.29) is 5.52 Å². The largest absolute Gasteiger partial charge is 0.417 e. The lowest BCUT2D eigenvalue weighted by atomic mass is 10.1. The Balaban J connectivity index is 2.03. The van der Waals surface area contributed by atoms with Gasteiger partial charge in [-0.05, 0) is 25.1 Å². The number of hydrogen-bond donors (Lipinski definition) is 2. The second-order valence-corrected chi connectivity index (χ2v) is 5.63. The molecule has 0 saturated carbocycles. The number of aromatic nitrogens is 2. The summed E-state index contributed by atoms with van der Waals surface area (Å²) in [6.45, 7) is 0.00333. The van der Waals surface area contributed by atoms with E-state index < -0.39 is 47.2 Å². The smallest absolute Gasteiger partial charge is 0.391 e. The molecule has 0 bridgehead atoms. The molecule has 9 heteroatoms. The Morgan fingerprint density at radius 1 is 1.42 bits per heavy atom. The van der Waals surface area contributed by atoms with E-state index in [0.717, 1.165) is 17.0 Å². The third-order valence-electron chi connectivity index (χ3n) is 4.02. The van der Waals surface area contributed by atoms with E-state index in [1.165, 1.54) is 12.1 Å². The zero-order valence-corrected chi connectivity index (χ0v) is 12.4. The number of benzene rings is 1. The van der Waals surface area contributed by atoms with Crippen LogP contribution in [-0.2, 0) is 17.5 Å². The molecular weight excluding hydrogens is 327 g/mol. The highest BCUT2D eigenvalue weighted by Gasteiger charge is 2.35. The van der Waals surface area contributed by atoms with Crippen LogP contribution in [0.15, 0.2) is 29.3 Å². The Morgan fingerprint density at radius 2 is 2.17 bits per heavy atom. The summed E-state index contributed by atoms with van der Waals surface area (Å²) < 4.78 is 40.1. The lowest BCUT2D eigenvalue weighted by molar-refractivity contribution is -0.136. The second-order valence-electron chi connectivity index (χ2n) is 5.63. The number of nitrogens with one attached hydrogen (secondary N) is 1. The van der Waals surface area contributed by atoms with Crippen LogP contribution in [0.2, 0.25) is 0 Å². The number of aliphatic hydroxyl groups is 1. The summed E-state index contributed by atoms with van der Waals surface area (Å²) >= 11 is 0. The van der Waals surface area contributed by atoms with E-state index in [9.17, 15) is 27.9 Å². The van der Waals surface area contributed by atoms with Crippen LogP contribution in [0.4, 0.5) is 13.2 Å². The molecule has 0 unspecified atom stereocenters. The van der Waals surface area contributed by atoms with Gasteiger partial charge in [0.2, 0.25) is 0 Å². The molecule has 1 aromatic heterocycles. The van der Waals surface area contributed by atoms with Crippen molar-refractivity contribution < 1.29 is 23.1 Å². The van der Waals surface area contributed by atoms with E-state index in [2.05, 4.69) is 10.3 Å². The number of aliphatic hydroxyl groups excluding tert-OH is 1. The van der Waals surface area contributed by atoms with Crippen molar-refractivity contribution in [1.29, 1.82) is 0 Å². The predicted molar refractivity (Wildman–Crippen MR) is 78.4 cm³/mol. The minimum absolute atomic E-state index is 0.0856. The van der Waals surface area contributed by atoms with E-state index in [1.54, 1.807) is 0 Å². The number of halogens is 3. The van der Waals surface area contributed by atoms with Crippen LogP contribution in [0, 0.1) is 0 Å². The number of nitrogens with zero attached hydrogens (tertiary/aromatic N) is 2. The molecule has 2 N–H and O–H groups in total. The number of ketones is 1. The van der Waals surface area contributed by atoms with Gasteiger partial charge in [0.05, 0.1) is 41.5 Å². The Bertz CT molecular complexity index is 847. The number of carbonyl (C=O) groups excluding carboxylic acids is 1. The number of fused-ring (bicyclic) bond motifs is 1. The number of rotatable bonds is 3. The fourth-order valence-corrected chi connectivity index (χ4v) is 2.83. The molecule has 1 saturated heterocycles. The summed E-state index contributed by atoms with van der Waals surface area (Å²) in [5, 5.41) is 11.9. The maximum Gasteiger partial charge on any atom is 0.417 e. The van der Waals surface area contributed by atoms with Gasteiger partial charge in [-0.2, -0.15) is 13.2 Å². The van der Waals surface area contributed by atoms with Gasteiger partial charge in [0, 0.05) is 0 Å². The molecule has 6 nitrogen and oxygen atoms in total. The van der Waals surface area contributed by atoms with E-state index in [0.29, 0.717) is 13.0 Å². The number of Topliss-reactive ketones (excluding diaryl/α,β-unsaturated/α-hetero) is 1. The maximum atomic E-state index is 13.1. The van der Waals surface area contributed by atoms with Gasteiger partial charge in [-0.3, -0.25) is 14.2 Å². The quantitative estimate of drug-likeness (QED) is 0.859. The van der Waals surface area contributed by atoms with Crippen molar-refractivity contribution in [1.82, 2.24) is 14.9 Å². The van der Waals surface area contributed by atoms with Crippen molar-refractivity contribution in [2.75, 3.05) is 6.54 Å². The number of carbonyl (C=O) groups is 1. The second kappa shape index (κ2) is 5.99. The van der Waals surface area contributed by atoms with Gasteiger partial charge in [-0.1, -0.05) is 6.07 Å². The first-order chi connectivity index (χ1) is 11.3. The summed E-state index contributed by atoms with van der Waals surface area (Å²) in [6.07, 6.45) is -4.12. The Labute approximate surface area is 133 Å². The van der Waals surface area contributed by atoms with Crippen molar-refractivity contribution in [3.05, 3.63) is 40.4 Å². The lowest BCUT2D eigenvalue weighted by Crippen LogP contribution is -2.42. The van der Waals surface area contributed by atoms with Crippen LogP contribution in [0.25, 0.3) is 10.9 Å². The fourth-order valence-electron chi connectivity index (χ4n) is 2.83. The van der Waals surface area contributed by atoms with Gasteiger partial charge in [0.15, 0.2) is 5.78 Å². The summed E-state index contributed by atoms with van der Waals surface area (Å²) in [4.78, 5) is 28.4. The normalized spacial score (nSPS) is 21.3. The standard InChI is InChI=1S/C15H14F3N3O3/c16-15(17,18)8-2-1-3-9-12(8)14(24)21(7-20-9)6-11(23)13-10(22)4-5-19-13/h1-3,7,10,13,19,22H,4-6H2/t10-,13-/m0/s1. The molecule has 0 aliphatic carbocycles. The van der Waals surface area contributed by atoms with Crippen molar-refractivity contribution >= 4 is 16.7 Å². The zero-order valence-electron chi connectivity index (χ0n) is 12.4. The minimum atomic E-state index is -4.70. The highest BCUT2D eigenvalue weighted by molar-refractivity contribution is 5.86. The third kappa shape index (κ3) is 2.92. The Hall–Kier alpha value is -2.26. The van der Waals surface area contributed by atoms with Gasteiger partial charge < -0.3 is 10.4 Å². The number of hydrogen-bond acceptors (Lipinski definition) is 5. The van der Waals surface area contributed by atoms with Crippen LogP contribution >= 0.6 is 0 Å². The highest BCUT2D eigenvalue weighted by atomic mass is 19.4. The van der Waals surface area contributed by atoms with Crippen LogP contribution < -0.4 is 10.9 Å². The first-order valence-electron chi connectivity index (χ1n) is 7.28. The van der Waals surface area contributed by atoms with E-state index in [1.807, 2.05) is 0 Å². The Kier molecular flexibility index (Phi) is 4.14. The lowest BCUT2D eigenvalue weighted by Gasteiger charge is -2.15. The SMILES string of the molecule is O=C(Cn1cnc2cccc(C(F)(F)F)c2c1=O)[C@H]1NCC[C@@H]1O. The molecule has 2 heterocycles. The van der Waals surface area contributed by atoms with Gasteiger partial charge >= 0.3 is 6.18 Å². The summed E-state index contributed by atoms with van der Waals surface area (Å²) in [6, 6.07) is 2.46. The van der Waals surface area contributed by atoms with Crippen molar-refractivity contribution in [3.63, 3.8) is 0 Å². The first-order valence-corrected chi connectivity index (χ1v) is 7.28. The van der Waals surface area contributed by atoms with Crippen LogP contribution in [0.5, 0.6) is 0 Å². The average Bonchev–Trinajstić information content (AvgIpc) is 2.95. The maximum absolute atomic E-state index is 13.1. The van der Waals surface area contributed by atoms with E-state index in [4.69, 9.17) is 0 Å². The molecule has 1 aromatic carbocycles. The van der Waals surface area contributed by atoms with Crippen molar-refractivity contribution in [2.45, 2.75) is 31.3 Å². The Morgan fingerprint density at radius 3 is 2.79 bits per heavy atom. The fraction of sp³-hybridized carbons (Fsp3) is 0.400. The van der Waals surface area contributed by atoms with Crippen LogP contribution in [-0.4, -0.2) is 39.1 Å². The monoisotopic (exact) mass is 341 g/mol. The molecule has 1 aliphatic heterocycles. The molecule has 0 radical (unpaired) electrons. The molecule has 2 aromatic rings. The van der Waals surface area contributed by atoms with Crippen LogP contribution in [0.3, 0.4) is 0 Å².